The van der Waals surface area contributed by atoms with Gasteiger partial charge in [-0.15, -0.1) is 11.8 Å². The number of hydrogen-bond acceptors (Lipinski definition) is 4. The molecular weight excluding hydrogens is 318 g/mol. The molecule has 4 nitrogen and oxygen atoms in total. The van der Waals surface area contributed by atoms with Crippen molar-refractivity contribution in [1.82, 2.24) is 4.90 Å². The van der Waals surface area contributed by atoms with E-state index in [1.165, 1.54) is 11.8 Å². The van der Waals surface area contributed by atoms with Gasteiger partial charge in [0.2, 0.25) is 5.91 Å². The summed E-state index contributed by atoms with van der Waals surface area (Å²) in [4.78, 5) is 14.3. The van der Waals surface area contributed by atoms with Crippen molar-refractivity contribution < 1.29 is 13.2 Å². The minimum Gasteiger partial charge on any atom is -0.338 e. The van der Waals surface area contributed by atoms with E-state index in [9.17, 15) is 13.2 Å². The predicted molar refractivity (Wildman–Crippen MR) is 91.7 cm³/mol. The van der Waals surface area contributed by atoms with Crippen LogP contribution in [0.1, 0.15) is 25.3 Å². The zero-order chi connectivity index (χ0) is 16.0. The lowest BCUT2D eigenvalue weighted by molar-refractivity contribution is -0.129. The summed E-state index contributed by atoms with van der Waals surface area (Å²) in [6.45, 7) is 3.41. The predicted octanol–water partition coefficient (Wildman–Crippen LogP) is 2.35. The molecule has 1 atom stereocenters. The fraction of sp³-hybridized carbons (Fsp3) is 0.562. The van der Waals surface area contributed by atoms with Crippen molar-refractivity contribution in [3.05, 3.63) is 35.9 Å². The number of benzene rings is 1. The molecule has 122 valence electrons. The van der Waals surface area contributed by atoms with Crippen LogP contribution >= 0.6 is 11.8 Å². The Kier molecular flexibility index (Phi) is 6.32. The Morgan fingerprint density at radius 1 is 1.32 bits per heavy atom. The van der Waals surface area contributed by atoms with Crippen molar-refractivity contribution in [2.75, 3.05) is 23.8 Å². The van der Waals surface area contributed by atoms with Crippen LogP contribution in [0.5, 0.6) is 0 Å². The molecule has 0 bridgehead atoms. The highest BCUT2D eigenvalue weighted by molar-refractivity contribution is 8.02. The Morgan fingerprint density at radius 3 is 2.64 bits per heavy atom. The molecule has 6 heteroatoms. The largest absolute Gasteiger partial charge is 0.338 e. The van der Waals surface area contributed by atoms with Gasteiger partial charge in [0, 0.05) is 18.3 Å². The van der Waals surface area contributed by atoms with Gasteiger partial charge in [0.05, 0.1) is 17.3 Å². The summed E-state index contributed by atoms with van der Waals surface area (Å²) in [7, 11) is -2.87. The minimum atomic E-state index is -2.87. The molecule has 1 aliphatic heterocycles. The van der Waals surface area contributed by atoms with Crippen molar-refractivity contribution in [3.8, 4) is 0 Å². The van der Waals surface area contributed by atoms with Crippen LogP contribution in [0.4, 0.5) is 0 Å². The molecule has 1 amide bonds. The van der Waals surface area contributed by atoms with Crippen molar-refractivity contribution in [2.45, 2.75) is 31.6 Å². The zero-order valence-corrected chi connectivity index (χ0v) is 14.5. The van der Waals surface area contributed by atoms with Gasteiger partial charge in [-0.3, -0.25) is 4.79 Å². The molecule has 0 aliphatic carbocycles. The molecule has 22 heavy (non-hydrogen) atoms. The Bertz CT molecular complexity index is 587. The molecule has 0 saturated carbocycles. The van der Waals surface area contributed by atoms with E-state index in [4.69, 9.17) is 0 Å². The summed E-state index contributed by atoms with van der Waals surface area (Å²) in [6.07, 6.45) is 1.59. The highest BCUT2D eigenvalue weighted by atomic mass is 32.2. The lowest BCUT2D eigenvalue weighted by Gasteiger charge is -2.22. The number of rotatable bonds is 7. The summed E-state index contributed by atoms with van der Waals surface area (Å²) in [5.41, 5.74) is 1.12. The zero-order valence-electron chi connectivity index (χ0n) is 12.9. The van der Waals surface area contributed by atoms with Crippen LogP contribution in [0.3, 0.4) is 0 Å². The number of carbonyl (C=O) groups excluding carboxylic acids is 1. The first kappa shape index (κ1) is 17.3. The minimum absolute atomic E-state index is 0.0779. The Balaban J connectivity index is 1.87. The van der Waals surface area contributed by atoms with Gasteiger partial charge < -0.3 is 4.90 Å². The number of sulfone groups is 1. The van der Waals surface area contributed by atoms with Crippen molar-refractivity contribution in [2.24, 2.45) is 0 Å². The van der Waals surface area contributed by atoms with Crippen molar-refractivity contribution >= 4 is 27.5 Å². The quantitative estimate of drug-likeness (QED) is 0.764. The number of nitrogens with zero attached hydrogens (tertiary/aromatic N) is 1. The molecule has 1 aliphatic rings. The van der Waals surface area contributed by atoms with Gasteiger partial charge in [0.25, 0.3) is 0 Å². The fourth-order valence-electron chi connectivity index (χ4n) is 2.54. The molecule has 2 rings (SSSR count). The van der Waals surface area contributed by atoms with Gasteiger partial charge in [-0.1, -0.05) is 37.3 Å². The SMILES string of the molecule is CCCN(Cc1ccccc1)C(=O)CS[C@H]1CCS(=O)(=O)C1. The third-order valence-electron chi connectivity index (χ3n) is 3.70. The van der Waals surface area contributed by atoms with Crippen LogP contribution in [0.15, 0.2) is 30.3 Å². The van der Waals surface area contributed by atoms with E-state index < -0.39 is 9.84 Å². The van der Waals surface area contributed by atoms with E-state index in [-0.39, 0.29) is 22.7 Å². The standard InChI is InChI=1S/C16H23NO3S2/c1-2-9-17(11-14-6-4-3-5-7-14)16(18)12-21-15-8-10-22(19,20)13-15/h3-7,15H,2,8-13H2,1H3/t15-/m0/s1. The normalized spacial score (nSPS) is 20.0. The van der Waals surface area contributed by atoms with Gasteiger partial charge in [-0.25, -0.2) is 8.42 Å². The second kappa shape index (κ2) is 8.02. The highest BCUT2D eigenvalue weighted by Gasteiger charge is 2.29. The molecule has 0 unspecified atom stereocenters. The van der Waals surface area contributed by atoms with Crippen LogP contribution < -0.4 is 0 Å². The van der Waals surface area contributed by atoms with E-state index in [1.54, 1.807) is 0 Å². The molecule has 1 heterocycles. The van der Waals surface area contributed by atoms with Crippen molar-refractivity contribution in [1.29, 1.82) is 0 Å². The number of hydrogen-bond donors (Lipinski definition) is 0. The molecule has 1 aromatic carbocycles. The maximum atomic E-state index is 12.4. The Morgan fingerprint density at radius 2 is 2.05 bits per heavy atom. The molecular formula is C16H23NO3S2. The number of thioether (sulfide) groups is 1. The molecule has 0 spiro atoms. The smallest absolute Gasteiger partial charge is 0.232 e. The van der Waals surface area contributed by atoms with Crippen LogP contribution in [0, 0.1) is 0 Å². The van der Waals surface area contributed by atoms with Gasteiger partial charge in [-0.05, 0) is 18.4 Å². The summed E-state index contributed by atoms with van der Waals surface area (Å²) in [5, 5.41) is 0.0779. The fourth-order valence-corrected chi connectivity index (χ4v) is 6.08. The highest BCUT2D eigenvalue weighted by Crippen LogP contribution is 2.24. The monoisotopic (exact) mass is 341 g/mol. The van der Waals surface area contributed by atoms with Crippen LogP contribution in [-0.4, -0.2) is 48.3 Å². The molecule has 0 aromatic heterocycles. The Labute approximate surface area is 137 Å². The topological polar surface area (TPSA) is 54.5 Å². The van der Waals surface area contributed by atoms with Gasteiger partial charge >= 0.3 is 0 Å². The van der Waals surface area contributed by atoms with E-state index in [1.807, 2.05) is 35.2 Å². The Hall–Kier alpha value is -1.01. The third kappa shape index (κ3) is 5.32. The van der Waals surface area contributed by atoms with Gasteiger partial charge in [-0.2, -0.15) is 0 Å². The molecule has 0 radical (unpaired) electrons. The second-order valence-electron chi connectivity index (χ2n) is 5.64. The van der Waals surface area contributed by atoms with E-state index >= 15 is 0 Å². The summed E-state index contributed by atoms with van der Waals surface area (Å²) in [6, 6.07) is 9.95. The maximum absolute atomic E-state index is 12.4. The van der Waals surface area contributed by atoms with Crippen LogP contribution in [0.2, 0.25) is 0 Å². The molecule has 1 aromatic rings. The average Bonchev–Trinajstić information content (AvgIpc) is 2.85. The lowest BCUT2D eigenvalue weighted by Crippen LogP contribution is -2.33. The maximum Gasteiger partial charge on any atom is 0.232 e. The summed E-state index contributed by atoms with van der Waals surface area (Å²) >= 11 is 1.49. The second-order valence-corrected chi connectivity index (χ2v) is 9.15. The molecule has 0 N–H and O–H groups in total. The first-order valence-corrected chi connectivity index (χ1v) is 10.5. The van der Waals surface area contributed by atoms with Gasteiger partial charge in [0.1, 0.15) is 0 Å². The molecule has 1 saturated heterocycles. The first-order valence-electron chi connectivity index (χ1n) is 7.64. The van der Waals surface area contributed by atoms with E-state index in [0.717, 1.165) is 18.5 Å². The number of carbonyl (C=O) groups is 1. The lowest BCUT2D eigenvalue weighted by atomic mass is 10.2. The van der Waals surface area contributed by atoms with Crippen LogP contribution in [0.25, 0.3) is 0 Å². The first-order chi connectivity index (χ1) is 10.5. The molecule has 1 fully saturated rings. The summed E-state index contributed by atoms with van der Waals surface area (Å²) < 4.78 is 22.9. The average molecular weight is 341 g/mol. The van der Waals surface area contributed by atoms with Gasteiger partial charge in [0.15, 0.2) is 9.84 Å². The van der Waals surface area contributed by atoms with E-state index in [2.05, 4.69) is 6.92 Å². The third-order valence-corrected chi connectivity index (χ3v) is 6.96. The summed E-state index contributed by atoms with van der Waals surface area (Å²) in [5.74, 6) is 0.950. The number of amides is 1. The van der Waals surface area contributed by atoms with Crippen LogP contribution in [-0.2, 0) is 21.2 Å². The van der Waals surface area contributed by atoms with E-state index in [0.29, 0.717) is 18.7 Å². The van der Waals surface area contributed by atoms with Crippen molar-refractivity contribution in [3.63, 3.8) is 0 Å².